The van der Waals surface area contributed by atoms with Gasteiger partial charge in [-0.05, 0) is 56.2 Å². The molecule has 1 aromatic carbocycles. The van der Waals surface area contributed by atoms with Crippen LogP contribution in [0.15, 0.2) is 28.8 Å². The van der Waals surface area contributed by atoms with E-state index in [0.717, 1.165) is 25.0 Å². The molecule has 3 fully saturated rings. The maximum absolute atomic E-state index is 15.0. The minimum absolute atomic E-state index is 0.0183. The molecule has 3 aliphatic carbocycles. The van der Waals surface area contributed by atoms with E-state index in [1.807, 2.05) is 19.9 Å². The maximum Gasteiger partial charge on any atom is 0.254 e. The van der Waals surface area contributed by atoms with Crippen molar-refractivity contribution in [1.29, 1.82) is 0 Å². The molecule has 2 heterocycles. The zero-order valence-corrected chi connectivity index (χ0v) is 19.5. The van der Waals surface area contributed by atoms with E-state index >= 15 is 4.39 Å². The predicted octanol–water partition coefficient (Wildman–Crippen LogP) is 3.74. The lowest BCUT2D eigenvalue weighted by molar-refractivity contribution is -0.129. The van der Waals surface area contributed by atoms with E-state index in [4.69, 9.17) is 16.0 Å². The summed E-state index contributed by atoms with van der Waals surface area (Å²) in [5, 5.41) is 8.51. The van der Waals surface area contributed by atoms with E-state index in [2.05, 4.69) is 17.2 Å². The zero-order valence-electron chi connectivity index (χ0n) is 19.5. The molecule has 1 amide bonds. The Morgan fingerprint density at radius 2 is 1.91 bits per heavy atom. The van der Waals surface area contributed by atoms with Crippen LogP contribution < -0.4 is 11.5 Å². The SMILES string of the molecule is CC(C)n1nc(-c2ccc(CC(=O)Cc3cc(C45CC(C)(C4)C5)no3)cc2F)c(C(N)=O)c1N. The number of nitrogen functional groups attached to an aromatic ring is 1. The van der Waals surface area contributed by atoms with E-state index in [1.165, 1.54) is 16.8 Å². The molecule has 178 valence electrons. The fraction of sp³-hybridized carbons (Fsp3) is 0.440. The van der Waals surface area contributed by atoms with Crippen molar-refractivity contribution in [1.82, 2.24) is 14.9 Å². The van der Waals surface area contributed by atoms with Crippen molar-refractivity contribution >= 4 is 17.5 Å². The molecule has 4 N–H and O–H groups in total. The number of amides is 1. The van der Waals surface area contributed by atoms with E-state index in [-0.39, 0.29) is 52.7 Å². The Labute approximate surface area is 196 Å². The van der Waals surface area contributed by atoms with Crippen molar-refractivity contribution < 1.29 is 18.5 Å². The lowest BCUT2D eigenvalue weighted by Gasteiger charge is -2.68. The molecule has 3 aromatic rings. The van der Waals surface area contributed by atoms with Gasteiger partial charge < -0.3 is 16.0 Å². The molecule has 0 unspecified atom stereocenters. The van der Waals surface area contributed by atoms with Gasteiger partial charge in [0.15, 0.2) is 0 Å². The number of aromatic nitrogens is 3. The Bertz CT molecular complexity index is 1300. The second-order valence-electron chi connectivity index (χ2n) is 10.5. The summed E-state index contributed by atoms with van der Waals surface area (Å²) in [6.07, 6.45) is 3.53. The third-order valence-corrected chi connectivity index (χ3v) is 7.14. The third-order valence-electron chi connectivity index (χ3n) is 7.14. The summed E-state index contributed by atoms with van der Waals surface area (Å²) in [7, 11) is 0. The number of ketones is 1. The van der Waals surface area contributed by atoms with Gasteiger partial charge in [0.25, 0.3) is 5.91 Å². The summed E-state index contributed by atoms with van der Waals surface area (Å²) in [4.78, 5) is 24.6. The van der Waals surface area contributed by atoms with Crippen molar-refractivity contribution in [3.8, 4) is 11.3 Å². The van der Waals surface area contributed by atoms with Gasteiger partial charge >= 0.3 is 0 Å². The van der Waals surface area contributed by atoms with Gasteiger partial charge in [-0.15, -0.1) is 0 Å². The Kier molecular flexibility index (Phi) is 4.93. The van der Waals surface area contributed by atoms with Crippen LogP contribution >= 0.6 is 0 Å². The number of benzene rings is 1. The lowest BCUT2D eigenvalue weighted by atomic mass is 9.35. The van der Waals surface area contributed by atoms with Crippen molar-refractivity contribution in [2.24, 2.45) is 11.1 Å². The number of hydrogen-bond donors (Lipinski definition) is 2. The fourth-order valence-corrected chi connectivity index (χ4v) is 5.83. The molecule has 3 saturated carbocycles. The maximum atomic E-state index is 15.0. The molecule has 2 bridgehead atoms. The number of carbonyl (C=O) groups is 2. The molecule has 0 radical (unpaired) electrons. The standard InChI is InChI=1S/C25H28FN5O3/c1-13(2)31-22(27)20(23(28)33)21(29-31)17-5-4-14(7-18(17)26)6-15(32)8-16-9-19(30-34-16)25-10-24(3,11-25)12-25/h4-5,7,9,13H,6,8,10-12,27H2,1-3H3,(H2,28,33). The second kappa shape index (κ2) is 7.51. The minimum Gasteiger partial charge on any atom is -0.383 e. The van der Waals surface area contributed by atoms with Gasteiger partial charge in [-0.3, -0.25) is 9.59 Å². The number of primary amides is 1. The molecule has 0 spiro atoms. The highest BCUT2D eigenvalue weighted by Crippen LogP contribution is 2.73. The van der Waals surface area contributed by atoms with Crippen LogP contribution in [-0.2, 0) is 23.1 Å². The highest BCUT2D eigenvalue weighted by Gasteiger charge is 2.66. The molecule has 8 nitrogen and oxygen atoms in total. The van der Waals surface area contributed by atoms with Gasteiger partial charge in [-0.1, -0.05) is 18.1 Å². The fourth-order valence-electron chi connectivity index (χ4n) is 5.83. The van der Waals surface area contributed by atoms with Crippen LogP contribution in [0.25, 0.3) is 11.3 Å². The number of Topliss-reactive ketones (excluding diaryl/α,β-unsaturated/α-hetero) is 1. The summed E-state index contributed by atoms with van der Waals surface area (Å²) in [6.45, 7) is 5.97. The Hall–Kier alpha value is -3.49. The molecule has 3 aliphatic rings. The van der Waals surface area contributed by atoms with Crippen molar-refractivity contribution in [2.75, 3.05) is 5.73 Å². The number of rotatable bonds is 8. The second-order valence-corrected chi connectivity index (χ2v) is 10.5. The number of halogens is 1. The smallest absolute Gasteiger partial charge is 0.254 e. The van der Waals surface area contributed by atoms with Crippen LogP contribution in [0.3, 0.4) is 0 Å². The summed E-state index contributed by atoms with van der Waals surface area (Å²) < 4.78 is 21.9. The Morgan fingerprint density at radius 3 is 2.50 bits per heavy atom. The highest BCUT2D eigenvalue weighted by atomic mass is 19.1. The topological polar surface area (TPSA) is 130 Å². The molecule has 0 saturated heterocycles. The van der Waals surface area contributed by atoms with Crippen LogP contribution in [0.1, 0.15) is 73.5 Å². The van der Waals surface area contributed by atoms with Crippen molar-refractivity contribution in [3.05, 3.63) is 52.7 Å². The van der Waals surface area contributed by atoms with Gasteiger partial charge in [0.2, 0.25) is 0 Å². The van der Waals surface area contributed by atoms with Gasteiger partial charge in [-0.25, -0.2) is 9.07 Å². The summed E-state index contributed by atoms with van der Waals surface area (Å²) in [6, 6.07) is 6.16. The largest absolute Gasteiger partial charge is 0.383 e. The first-order valence-electron chi connectivity index (χ1n) is 11.4. The van der Waals surface area contributed by atoms with Crippen molar-refractivity contribution in [2.45, 2.75) is 64.3 Å². The molecule has 9 heteroatoms. The molecule has 6 rings (SSSR count). The van der Waals surface area contributed by atoms with Crippen LogP contribution in [0, 0.1) is 11.2 Å². The van der Waals surface area contributed by atoms with Gasteiger partial charge in [0.1, 0.15) is 34.4 Å². The van der Waals surface area contributed by atoms with E-state index in [0.29, 0.717) is 16.7 Å². The predicted molar refractivity (Wildman–Crippen MR) is 123 cm³/mol. The van der Waals surface area contributed by atoms with E-state index in [9.17, 15) is 9.59 Å². The number of anilines is 1. The van der Waals surface area contributed by atoms with Crippen LogP contribution in [0.4, 0.5) is 10.2 Å². The minimum atomic E-state index is -0.780. The van der Waals surface area contributed by atoms with E-state index < -0.39 is 11.7 Å². The summed E-state index contributed by atoms with van der Waals surface area (Å²) in [5.41, 5.74) is 13.7. The van der Waals surface area contributed by atoms with Crippen LogP contribution in [-0.4, -0.2) is 26.6 Å². The Balaban J connectivity index is 1.30. The average Bonchev–Trinajstić information content (AvgIpc) is 3.29. The molecular formula is C25H28FN5O3. The van der Waals surface area contributed by atoms with E-state index in [1.54, 1.807) is 6.07 Å². The number of carbonyl (C=O) groups excluding carboxylic acids is 2. The normalized spacial score (nSPS) is 23.0. The molecule has 0 atom stereocenters. The number of hydrogen-bond acceptors (Lipinski definition) is 6. The summed E-state index contributed by atoms with van der Waals surface area (Å²) in [5.74, 6) is -0.869. The monoisotopic (exact) mass is 465 g/mol. The lowest BCUT2D eigenvalue weighted by Crippen LogP contribution is -2.63. The summed E-state index contributed by atoms with van der Waals surface area (Å²) >= 11 is 0. The molecule has 2 aromatic heterocycles. The van der Waals surface area contributed by atoms with Crippen LogP contribution in [0.5, 0.6) is 0 Å². The Morgan fingerprint density at radius 1 is 1.21 bits per heavy atom. The number of nitrogens with two attached hydrogens (primary N) is 2. The molecule has 0 aliphatic heterocycles. The number of nitrogens with zero attached hydrogens (tertiary/aromatic N) is 3. The first kappa shape index (κ1) is 22.3. The van der Waals surface area contributed by atoms with Gasteiger partial charge in [-0.2, -0.15) is 5.10 Å². The van der Waals surface area contributed by atoms with Crippen LogP contribution in [0.2, 0.25) is 0 Å². The first-order valence-corrected chi connectivity index (χ1v) is 11.4. The first-order chi connectivity index (χ1) is 16.0. The van der Waals surface area contributed by atoms with Gasteiger partial charge in [0.05, 0.1) is 12.1 Å². The highest BCUT2D eigenvalue weighted by molar-refractivity contribution is 6.03. The molecular weight excluding hydrogens is 437 g/mol. The van der Waals surface area contributed by atoms with Crippen molar-refractivity contribution in [3.63, 3.8) is 0 Å². The quantitative estimate of drug-likeness (QED) is 0.521. The zero-order chi connectivity index (χ0) is 24.4. The third kappa shape index (κ3) is 3.50. The van der Waals surface area contributed by atoms with Gasteiger partial charge in [0, 0.05) is 29.5 Å². The molecule has 34 heavy (non-hydrogen) atoms. The average molecular weight is 466 g/mol.